The molecule has 0 radical (unpaired) electrons. The third-order valence-corrected chi connectivity index (χ3v) is 9.10. The van der Waals surface area contributed by atoms with E-state index in [9.17, 15) is 33.8 Å². The number of hydrogen-bond acceptors (Lipinski definition) is 9. The summed E-state index contributed by atoms with van der Waals surface area (Å²) in [7, 11) is 0. The molecule has 4 heterocycles. The summed E-state index contributed by atoms with van der Waals surface area (Å²) in [5, 5.41) is 26.9. The highest BCUT2D eigenvalue weighted by atomic mass is 19.1. The average Bonchev–Trinajstić information content (AvgIpc) is 3.57. The number of aliphatic hydroxyl groups is 2. The normalized spacial score (nSPS) is 30.6. The summed E-state index contributed by atoms with van der Waals surface area (Å²) in [6, 6.07) is 12.7. The van der Waals surface area contributed by atoms with E-state index in [0.29, 0.717) is 18.8 Å². The molecule has 7 atom stereocenters. The number of aliphatic hydroxyl groups excluding tert-OH is 2. The van der Waals surface area contributed by atoms with Crippen LogP contribution in [0.3, 0.4) is 0 Å². The van der Waals surface area contributed by atoms with Gasteiger partial charge in [0.2, 0.25) is 17.7 Å². The molecule has 0 saturated carbocycles. The molecule has 4 saturated heterocycles. The second kappa shape index (κ2) is 13.7. The van der Waals surface area contributed by atoms with E-state index < -0.39 is 60.3 Å². The number of carbonyl (C=O) groups is 4. The summed E-state index contributed by atoms with van der Waals surface area (Å²) in [6.07, 6.45) is -4.64. The number of hydrogen-bond donors (Lipinski definition) is 4. The molecule has 6 rings (SSSR count). The van der Waals surface area contributed by atoms with Crippen molar-refractivity contribution in [2.45, 2.75) is 61.9 Å². The van der Waals surface area contributed by atoms with Gasteiger partial charge in [-0.1, -0.05) is 30.3 Å². The fourth-order valence-corrected chi connectivity index (χ4v) is 6.68. The summed E-state index contributed by atoms with van der Waals surface area (Å²) in [6.45, 7) is 0.330. The number of rotatable bonds is 5. The van der Waals surface area contributed by atoms with Crippen LogP contribution in [0.4, 0.5) is 4.39 Å². The van der Waals surface area contributed by atoms with Gasteiger partial charge < -0.3 is 40.1 Å². The van der Waals surface area contributed by atoms with E-state index in [1.807, 2.05) is 11.0 Å². The van der Waals surface area contributed by atoms with Gasteiger partial charge in [0, 0.05) is 38.8 Å². The standard InChI is InChI=1S/C32H38FN5O8/c33-20-8-6-19(7-9-20)15-37-16-21-12-23(37)32(44)36-10-11-38(28(40)18-45-22-4-2-1-3-5-22)24(17-36)31(43)34-14-26-30(42)29(41)25(46-26)13-27(39)35-21/h1-9,21,23-26,29-30,41-42H,10-18H2,(H,34,43)(H,35,39)/t21-,23-,24-,25-,26+,29-,30+/m0/s1. The fraction of sp³-hybridized carbons (Fsp3) is 0.500. The lowest BCUT2D eigenvalue weighted by Crippen LogP contribution is -2.64. The third kappa shape index (κ3) is 6.99. The molecule has 246 valence electrons. The molecule has 14 heteroatoms. The van der Waals surface area contributed by atoms with Crippen molar-refractivity contribution in [1.82, 2.24) is 25.3 Å². The minimum absolute atomic E-state index is 0.0784. The van der Waals surface area contributed by atoms with Gasteiger partial charge in [0.25, 0.3) is 5.91 Å². The third-order valence-electron chi connectivity index (χ3n) is 9.10. The number of fused-ring (bicyclic) bond motifs is 6. The van der Waals surface area contributed by atoms with Gasteiger partial charge in [-0.3, -0.25) is 24.1 Å². The number of para-hydroxylation sites is 1. The molecule has 0 unspecified atom stereocenters. The van der Waals surface area contributed by atoms with Crippen LogP contribution in [-0.4, -0.2) is 130 Å². The lowest BCUT2D eigenvalue weighted by atomic mass is 10.0. The van der Waals surface area contributed by atoms with Crippen molar-refractivity contribution < 1.29 is 43.3 Å². The summed E-state index contributed by atoms with van der Waals surface area (Å²) < 4.78 is 25.0. The van der Waals surface area contributed by atoms with Gasteiger partial charge in [0.05, 0.1) is 25.1 Å². The van der Waals surface area contributed by atoms with Gasteiger partial charge >= 0.3 is 0 Å². The zero-order valence-corrected chi connectivity index (χ0v) is 25.2. The number of nitrogens with zero attached hydrogens (tertiary/aromatic N) is 3. The Bertz CT molecular complexity index is 1430. The Kier molecular flexibility index (Phi) is 9.49. The minimum Gasteiger partial charge on any atom is -0.484 e. The maximum Gasteiger partial charge on any atom is 0.261 e. The molecule has 4 aliphatic heterocycles. The first-order valence-corrected chi connectivity index (χ1v) is 15.5. The SMILES string of the molecule is O=C1C[C@@H]2O[C@H](CNC(=O)[C@@H]3CN(CCN3C(=O)COc3ccccc3)C(=O)[C@@H]3C[C@@H](CN3Cc3ccc(F)cc3)N1)[C@@H](O)[C@H]2O. The minimum atomic E-state index is -1.35. The van der Waals surface area contributed by atoms with E-state index in [4.69, 9.17) is 9.47 Å². The van der Waals surface area contributed by atoms with E-state index in [1.54, 1.807) is 41.3 Å². The number of benzene rings is 2. The maximum atomic E-state index is 14.1. The topological polar surface area (TPSA) is 161 Å². The molecule has 4 fully saturated rings. The Labute approximate surface area is 265 Å². The van der Waals surface area contributed by atoms with Crippen LogP contribution in [0.2, 0.25) is 0 Å². The smallest absolute Gasteiger partial charge is 0.261 e. The van der Waals surface area contributed by atoms with Crippen molar-refractivity contribution in [3.05, 3.63) is 66.0 Å². The zero-order chi connectivity index (χ0) is 32.4. The van der Waals surface area contributed by atoms with E-state index in [2.05, 4.69) is 10.6 Å². The summed E-state index contributed by atoms with van der Waals surface area (Å²) in [5.41, 5.74) is 0.783. The molecule has 0 aromatic heterocycles. The van der Waals surface area contributed by atoms with Crippen LogP contribution in [0.5, 0.6) is 5.75 Å². The molecule has 2 aromatic carbocycles. The van der Waals surface area contributed by atoms with Crippen molar-refractivity contribution in [1.29, 1.82) is 0 Å². The van der Waals surface area contributed by atoms with Crippen molar-refractivity contribution in [2.75, 3.05) is 39.3 Å². The lowest BCUT2D eigenvalue weighted by molar-refractivity contribution is -0.151. The second-order valence-electron chi connectivity index (χ2n) is 12.2. The number of piperazine rings is 1. The van der Waals surface area contributed by atoms with Crippen LogP contribution in [-0.2, 0) is 30.5 Å². The first kappa shape index (κ1) is 31.9. The predicted octanol–water partition coefficient (Wildman–Crippen LogP) is -0.988. The molecule has 4 aliphatic rings. The molecule has 2 aromatic rings. The number of carbonyl (C=O) groups excluding carboxylic acids is 4. The van der Waals surface area contributed by atoms with E-state index >= 15 is 0 Å². The first-order valence-electron chi connectivity index (χ1n) is 15.5. The van der Waals surface area contributed by atoms with Crippen molar-refractivity contribution in [3.8, 4) is 5.75 Å². The molecule has 0 aliphatic carbocycles. The number of ether oxygens (including phenoxy) is 2. The Balaban J connectivity index is 1.25. The Morgan fingerprint density at radius 3 is 2.46 bits per heavy atom. The van der Waals surface area contributed by atoms with Crippen LogP contribution in [0, 0.1) is 5.82 Å². The average molecular weight is 640 g/mol. The summed E-state index contributed by atoms with van der Waals surface area (Å²) in [4.78, 5) is 59.0. The Morgan fingerprint density at radius 2 is 1.70 bits per heavy atom. The van der Waals surface area contributed by atoms with E-state index in [-0.39, 0.29) is 57.4 Å². The second-order valence-corrected chi connectivity index (χ2v) is 12.2. The van der Waals surface area contributed by atoms with Gasteiger partial charge in [-0.15, -0.1) is 0 Å². The first-order chi connectivity index (χ1) is 22.2. The maximum absolute atomic E-state index is 14.1. The molecule has 0 spiro atoms. The highest BCUT2D eigenvalue weighted by Crippen LogP contribution is 2.27. The molecule has 13 nitrogen and oxygen atoms in total. The van der Waals surface area contributed by atoms with Crippen LogP contribution in [0.25, 0.3) is 0 Å². The molecular weight excluding hydrogens is 601 g/mol. The quantitative estimate of drug-likeness (QED) is 0.322. The molecule has 4 amide bonds. The highest BCUT2D eigenvalue weighted by Gasteiger charge is 2.47. The number of nitrogens with one attached hydrogen (secondary N) is 2. The molecule has 46 heavy (non-hydrogen) atoms. The Hall–Kier alpha value is -4.11. The fourth-order valence-electron chi connectivity index (χ4n) is 6.68. The van der Waals surface area contributed by atoms with Gasteiger partial charge in [-0.2, -0.15) is 0 Å². The van der Waals surface area contributed by atoms with E-state index in [1.165, 1.54) is 17.0 Å². The number of likely N-dealkylation sites (tertiary alicyclic amines) is 1. The molecule has 6 bridgehead atoms. The zero-order valence-electron chi connectivity index (χ0n) is 25.2. The van der Waals surface area contributed by atoms with Gasteiger partial charge in [0.1, 0.15) is 35.9 Å². The largest absolute Gasteiger partial charge is 0.484 e. The van der Waals surface area contributed by atoms with Crippen LogP contribution >= 0.6 is 0 Å². The monoisotopic (exact) mass is 639 g/mol. The van der Waals surface area contributed by atoms with Crippen molar-refractivity contribution in [2.24, 2.45) is 0 Å². The molecular formula is C32H38FN5O8. The van der Waals surface area contributed by atoms with E-state index in [0.717, 1.165) is 5.56 Å². The van der Waals surface area contributed by atoms with Gasteiger partial charge in [-0.05, 0) is 36.2 Å². The van der Waals surface area contributed by atoms with Crippen molar-refractivity contribution in [3.63, 3.8) is 0 Å². The summed E-state index contributed by atoms with van der Waals surface area (Å²) in [5.74, 6) is -1.52. The number of amides is 4. The Morgan fingerprint density at radius 1 is 0.957 bits per heavy atom. The van der Waals surface area contributed by atoms with Gasteiger partial charge in [0.15, 0.2) is 6.61 Å². The lowest BCUT2D eigenvalue weighted by Gasteiger charge is -2.42. The van der Waals surface area contributed by atoms with Crippen LogP contribution in [0.15, 0.2) is 54.6 Å². The van der Waals surface area contributed by atoms with Crippen LogP contribution in [0.1, 0.15) is 18.4 Å². The van der Waals surface area contributed by atoms with Crippen LogP contribution < -0.4 is 15.4 Å². The molecule has 4 N–H and O–H groups in total. The number of halogens is 1. The summed E-state index contributed by atoms with van der Waals surface area (Å²) >= 11 is 0. The van der Waals surface area contributed by atoms with Gasteiger partial charge in [-0.25, -0.2) is 4.39 Å². The van der Waals surface area contributed by atoms with Crippen molar-refractivity contribution >= 4 is 23.6 Å². The predicted molar refractivity (Wildman–Crippen MR) is 159 cm³/mol. The highest BCUT2D eigenvalue weighted by molar-refractivity contribution is 5.90.